The van der Waals surface area contributed by atoms with Gasteiger partial charge in [0.05, 0.1) is 6.04 Å². The van der Waals surface area contributed by atoms with E-state index in [0.717, 1.165) is 11.4 Å². The minimum absolute atomic E-state index is 0.0363. The zero-order valence-electron chi connectivity index (χ0n) is 12.0. The quantitative estimate of drug-likeness (QED) is 0.928. The molecule has 4 heteroatoms. The molecule has 0 bridgehead atoms. The van der Waals surface area contributed by atoms with Crippen molar-refractivity contribution >= 4 is 5.82 Å². The van der Waals surface area contributed by atoms with Crippen LogP contribution in [0.15, 0.2) is 42.6 Å². The van der Waals surface area contributed by atoms with Gasteiger partial charge in [0.15, 0.2) is 0 Å². The summed E-state index contributed by atoms with van der Waals surface area (Å²) in [7, 11) is 1.91. The molecule has 1 unspecified atom stereocenters. The van der Waals surface area contributed by atoms with E-state index < -0.39 is 0 Å². The number of hydrogen-bond donors (Lipinski definition) is 1. The van der Waals surface area contributed by atoms with Gasteiger partial charge in [0.25, 0.3) is 0 Å². The Morgan fingerprint density at radius 1 is 1.15 bits per heavy atom. The first-order valence-electron chi connectivity index (χ1n) is 6.69. The third kappa shape index (κ3) is 2.96. The normalized spacial score (nSPS) is 13.8. The van der Waals surface area contributed by atoms with Crippen molar-refractivity contribution in [2.45, 2.75) is 25.9 Å². The third-order valence-corrected chi connectivity index (χ3v) is 3.59. The maximum atomic E-state index is 13.8. The Labute approximate surface area is 119 Å². The highest BCUT2D eigenvalue weighted by molar-refractivity contribution is 5.42. The van der Waals surface area contributed by atoms with Gasteiger partial charge in [0.2, 0.25) is 0 Å². The fraction of sp³-hybridized carbons (Fsp3) is 0.312. The summed E-state index contributed by atoms with van der Waals surface area (Å²) < 4.78 is 13.8. The van der Waals surface area contributed by atoms with Gasteiger partial charge in [0.1, 0.15) is 11.6 Å². The Morgan fingerprint density at radius 2 is 1.85 bits per heavy atom. The molecule has 0 amide bonds. The summed E-state index contributed by atoms with van der Waals surface area (Å²) >= 11 is 0. The number of rotatable bonds is 4. The Hall–Kier alpha value is -1.94. The van der Waals surface area contributed by atoms with Crippen LogP contribution in [0.1, 0.15) is 37.1 Å². The molecule has 0 aliphatic carbocycles. The highest BCUT2D eigenvalue weighted by Crippen LogP contribution is 2.26. The Bertz CT molecular complexity index is 566. The van der Waals surface area contributed by atoms with Gasteiger partial charge in [0, 0.05) is 24.8 Å². The molecule has 0 saturated carbocycles. The lowest BCUT2D eigenvalue weighted by Gasteiger charge is -2.26. The van der Waals surface area contributed by atoms with Crippen LogP contribution in [0.4, 0.5) is 10.2 Å². The molecule has 2 N–H and O–H groups in total. The number of nitrogens with zero attached hydrogens (tertiary/aromatic N) is 2. The second kappa shape index (κ2) is 6.01. The Balaban J connectivity index is 2.22. The molecule has 3 nitrogen and oxygen atoms in total. The van der Waals surface area contributed by atoms with Crippen LogP contribution in [0.2, 0.25) is 0 Å². The molecule has 1 aromatic carbocycles. The first kappa shape index (κ1) is 14.5. The van der Waals surface area contributed by atoms with Crippen LogP contribution in [0.25, 0.3) is 0 Å². The van der Waals surface area contributed by atoms with Crippen LogP contribution in [-0.4, -0.2) is 12.0 Å². The van der Waals surface area contributed by atoms with Crippen molar-refractivity contribution in [3.05, 3.63) is 59.5 Å². The van der Waals surface area contributed by atoms with Gasteiger partial charge in [-0.1, -0.05) is 24.3 Å². The molecule has 2 rings (SSSR count). The Morgan fingerprint density at radius 3 is 2.40 bits per heavy atom. The molecule has 0 aliphatic heterocycles. The molecule has 0 saturated heterocycles. The van der Waals surface area contributed by atoms with E-state index in [1.807, 2.05) is 44.0 Å². The average Bonchev–Trinajstić information content (AvgIpc) is 2.46. The van der Waals surface area contributed by atoms with E-state index in [1.165, 1.54) is 6.07 Å². The highest BCUT2D eigenvalue weighted by atomic mass is 19.1. The molecule has 2 atom stereocenters. The molecule has 0 aliphatic rings. The van der Waals surface area contributed by atoms with Crippen molar-refractivity contribution in [2.24, 2.45) is 5.73 Å². The fourth-order valence-electron chi connectivity index (χ4n) is 2.10. The van der Waals surface area contributed by atoms with Gasteiger partial charge >= 0.3 is 0 Å². The summed E-state index contributed by atoms with van der Waals surface area (Å²) in [5.74, 6) is 0.601. The smallest absolute Gasteiger partial charge is 0.128 e. The zero-order valence-corrected chi connectivity index (χ0v) is 12.0. The molecular weight excluding hydrogens is 253 g/mol. The van der Waals surface area contributed by atoms with Gasteiger partial charge in [-0.2, -0.15) is 0 Å². The Kier molecular flexibility index (Phi) is 4.35. The van der Waals surface area contributed by atoms with Crippen molar-refractivity contribution in [1.29, 1.82) is 0 Å². The summed E-state index contributed by atoms with van der Waals surface area (Å²) in [6.07, 6.45) is 1.77. The first-order valence-corrected chi connectivity index (χ1v) is 6.69. The molecule has 106 valence electrons. The monoisotopic (exact) mass is 273 g/mol. The average molecular weight is 273 g/mol. The number of pyridine rings is 1. The number of nitrogens with two attached hydrogens (primary N) is 1. The summed E-state index contributed by atoms with van der Waals surface area (Å²) in [5, 5.41) is 0. The van der Waals surface area contributed by atoms with E-state index >= 15 is 0 Å². The highest BCUT2D eigenvalue weighted by Gasteiger charge is 2.16. The van der Waals surface area contributed by atoms with Gasteiger partial charge in [-0.25, -0.2) is 9.37 Å². The molecular formula is C16H20FN3. The topological polar surface area (TPSA) is 42.1 Å². The van der Waals surface area contributed by atoms with Gasteiger partial charge in [-0.15, -0.1) is 0 Å². The van der Waals surface area contributed by atoms with Crippen molar-refractivity contribution < 1.29 is 4.39 Å². The predicted molar refractivity (Wildman–Crippen MR) is 80.1 cm³/mol. The van der Waals surface area contributed by atoms with E-state index in [4.69, 9.17) is 5.73 Å². The van der Waals surface area contributed by atoms with Crippen LogP contribution in [-0.2, 0) is 0 Å². The molecule has 0 fully saturated rings. The number of halogens is 1. The lowest BCUT2D eigenvalue weighted by Crippen LogP contribution is -2.23. The molecule has 1 heterocycles. The molecule has 1 aromatic heterocycles. The molecule has 0 spiro atoms. The number of anilines is 1. The van der Waals surface area contributed by atoms with E-state index in [1.54, 1.807) is 18.3 Å². The minimum Gasteiger partial charge on any atom is -0.353 e. The van der Waals surface area contributed by atoms with E-state index in [-0.39, 0.29) is 17.9 Å². The SMILES string of the molecule is CC(c1ccccc1F)N(C)c1ccc([C@H](C)N)cn1. The summed E-state index contributed by atoms with van der Waals surface area (Å²) in [6, 6.07) is 10.6. The molecule has 20 heavy (non-hydrogen) atoms. The molecule has 2 aromatic rings. The summed E-state index contributed by atoms with van der Waals surface area (Å²) in [5.41, 5.74) is 7.45. The lowest BCUT2D eigenvalue weighted by molar-refractivity contribution is 0.584. The van der Waals surface area contributed by atoms with E-state index in [2.05, 4.69) is 4.98 Å². The van der Waals surface area contributed by atoms with E-state index in [0.29, 0.717) is 5.56 Å². The standard InChI is InChI=1S/C16H20FN3/c1-11(18)13-8-9-16(19-10-13)20(3)12(2)14-6-4-5-7-15(14)17/h4-12H,18H2,1-3H3/t11-,12?/m0/s1. The van der Waals surface area contributed by atoms with Gasteiger partial charge in [-0.3, -0.25) is 0 Å². The second-order valence-electron chi connectivity index (χ2n) is 5.05. The second-order valence-corrected chi connectivity index (χ2v) is 5.05. The minimum atomic E-state index is -0.195. The summed E-state index contributed by atoms with van der Waals surface area (Å²) in [6.45, 7) is 3.88. The van der Waals surface area contributed by atoms with E-state index in [9.17, 15) is 4.39 Å². The van der Waals surface area contributed by atoms with Crippen LogP contribution in [0, 0.1) is 5.82 Å². The number of aromatic nitrogens is 1. The van der Waals surface area contributed by atoms with Crippen molar-refractivity contribution in [3.8, 4) is 0 Å². The third-order valence-electron chi connectivity index (χ3n) is 3.59. The number of benzene rings is 1. The van der Waals surface area contributed by atoms with Crippen LogP contribution in [0.3, 0.4) is 0 Å². The number of hydrogen-bond acceptors (Lipinski definition) is 3. The lowest BCUT2D eigenvalue weighted by atomic mass is 10.1. The summed E-state index contributed by atoms with van der Waals surface area (Å²) in [4.78, 5) is 6.35. The van der Waals surface area contributed by atoms with Gasteiger partial charge < -0.3 is 10.6 Å². The van der Waals surface area contributed by atoms with Crippen LogP contribution >= 0.6 is 0 Å². The molecule has 0 radical (unpaired) electrons. The maximum Gasteiger partial charge on any atom is 0.128 e. The van der Waals surface area contributed by atoms with Crippen molar-refractivity contribution in [1.82, 2.24) is 4.98 Å². The van der Waals surface area contributed by atoms with Gasteiger partial charge in [-0.05, 0) is 31.5 Å². The van der Waals surface area contributed by atoms with Crippen molar-refractivity contribution in [2.75, 3.05) is 11.9 Å². The largest absolute Gasteiger partial charge is 0.353 e. The first-order chi connectivity index (χ1) is 9.50. The van der Waals surface area contributed by atoms with Crippen LogP contribution in [0.5, 0.6) is 0 Å². The maximum absolute atomic E-state index is 13.8. The fourth-order valence-corrected chi connectivity index (χ4v) is 2.10. The predicted octanol–water partition coefficient (Wildman–Crippen LogP) is 3.44. The van der Waals surface area contributed by atoms with Crippen LogP contribution < -0.4 is 10.6 Å². The van der Waals surface area contributed by atoms with Crippen molar-refractivity contribution in [3.63, 3.8) is 0 Å². The zero-order chi connectivity index (χ0) is 14.7.